The first-order valence-electron chi connectivity index (χ1n) is 6.14. The first-order chi connectivity index (χ1) is 8.73. The molecule has 0 saturated heterocycles. The molecule has 7 heteroatoms. The molecule has 0 aliphatic carbocycles. The smallest absolute Gasteiger partial charge is 0.322 e. The highest BCUT2D eigenvalue weighted by molar-refractivity contribution is 5.36. The molecule has 7 nitrogen and oxygen atoms in total. The number of anilines is 2. The van der Waals surface area contributed by atoms with Crippen molar-refractivity contribution in [2.24, 2.45) is 0 Å². The molecule has 0 radical (unpaired) electrons. The van der Waals surface area contributed by atoms with E-state index in [1.165, 1.54) is 7.11 Å². The summed E-state index contributed by atoms with van der Waals surface area (Å²) in [6, 6.07) is 0.176. The van der Waals surface area contributed by atoms with E-state index in [-0.39, 0.29) is 18.7 Å². The van der Waals surface area contributed by atoms with Crippen LogP contribution in [0.4, 0.5) is 11.9 Å². The van der Waals surface area contributed by atoms with Crippen molar-refractivity contribution in [2.45, 2.75) is 32.7 Å². The second-order valence-corrected chi connectivity index (χ2v) is 3.83. The van der Waals surface area contributed by atoms with Gasteiger partial charge in [0.2, 0.25) is 11.9 Å². The van der Waals surface area contributed by atoms with Crippen LogP contribution in [0.25, 0.3) is 0 Å². The van der Waals surface area contributed by atoms with Crippen LogP contribution in [-0.4, -0.2) is 46.4 Å². The first kappa shape index (κ1) is 14.4. The van der Waals surface area contributed by atoms with E-state index in [2.05, 4.69) is 32.5 Å². The summed E-state index contributed by atoms with van der Waals surface area (Å²) in [4.78, 5) is 12.4. The summed E-state index contributed by atoms with van der Waals surface area (Å²) in [7, 11) is 1.51. The highest BCUT2D eigenvalue weighted by atomic mass is 16.5. The van der Waals surface area contributed by atoms with E-state index in [1.54, 1.807) is 0 Å². The zero-order valence-corrected chi connectivity index (χ0v) is 11.1. The summed E-state index contributed by atoms with van der Waals surface area (Å²) < 4.78 is 5.02. The Kier molecular flexibility index (Phi) is 6.13. The summed E-state index contributed by atoms with van der Waals surface area (Å²) in [6.45, 7) is 4.85. The molecule has 18 heavy (non-hydrogen) atoms. The third kappa shape index (κ3) is 4.33. The number of aliphatic hydroxyl groups excluding tert-OH is 1. The Morgan fingerprint density at radius 2 is 1.94 bits per heavy atom. The minimum absolute atomic E-state index is 0.0300. The number of aromatic nitrogens is 3. The van der Waals surface area contributed by atoms with E-state index in [0.717, 1.165) is 19.4 Å². The van der Waals surface area contributed by atoms with Crippen molar-refractivity contribution in [2.75, 3.05) is 30.9 Å². The van der Waals surface area contributed by atoms with Crippen molar-refractivity contribution >= 4 is 11.9 Å². The molecular formula is C11H21N5O2. The van der Waals surface area contributed by atoms with Crippen molar-refractivity contribution in [1.82, 2.24) is 15.0 Å². The summed E-state index contributed by atoms with van der Waals surface area (Å²) in [5, 5.41) is 15.3. The van der Waals surface area contributed by atoms with Gasteiger partial charge in [0, 0.05) is 6.54 Å². The normalized spacial score (nSPS) is 12.0. The number of nitrogens with zero attached hydrogens (tertiary/aromatic N) is 3. The van der Waals surface area contributed by atoms with E-state index in [9.17, 15) is 0 Å². The number of hydrogen-bond donors (Lipinski definition) is 3. The lowest BCUT2D eigenvalue weighted by Crippen LogP contribution is -2.24. The van der Waals surface area contributed by atoms with Crippen LogP contribution in [0.5, 0.6) is 6.01 Å². The Bertz CT molecular complexity index is 357. The van der Waals surface area contributed by atoms with Crippen LogP contribution in [0.3, 0.4) is 0 Å². The third-order valence-corrected chi connectivity index (χ3v) is 2.38. The molecule has 1 rings (SSSR count). The summed E-state index contributed by atoms with van der Waals surface area (Å²) >= 11 is 0. The van der Waals surface area contributed by atoms with Crippen molar-refractivity contribution in [3.8, 4) is 6.01 Å². The van der Waals surface area contributed by atoms with Gasteiger partial charge >= 0.3 is 6.01 Å². The number of aliphatic hydroxyl groups is 1. The molecule has 0 spiro atoms. The maximum Gasteiger partial charge on any atom is 0.322 e. The number of rotatable bonds is 8. The molecule has 0 aromatic carbocycles. The van der Waals surface area contributed by atoms with Gasteiger partial charge in [-0.3, -0.25) is 0 Å². The van der Waals surface area contributed by atoms with Crippen LogP contribution in [0.15, 0.2) is 0 Å². The zero-order chi connectivity index (χ0) is 13.4. The van der Waals surface area contributed by atoms with Crippen LogP contribution >= 0.6 is 0 Å². The Morgan fingerprint density at radius 1 is 1.22 bits per heavy atom. The molecule has 0 aliphatic heterocycles. The quantitative estimate of drug-likeness (QED) is 0.635. The lowest BCUT2D eigenvalue weighted by molar-refractivity contribution is 0.271. The van der Waals surface area contributed by atoms with Gasteiger partial charge in [0.25, 0.3) is 0 Å². The summed E-state index contributed by atoms with van der Waals surface area (Å²) in [6.07, 6.45) is 1.76. The minimum Gasteiger partial charge on any atom is -0.467 e. The predicted octanol–water partition coefficient (Wildman–Crippen LogP) is 0.885. The number of nitrogens with one attached hydrogen (secondary N) is 2. The molecule has 0 amide bonds. The molecule has 1 aromatic rings. The van der Waals surface area contributed by atoms with E-state index < -0.39 is 0 Å². The Hall–Kier alpha value is -1.63. The summed E-state index contributed by atoms with van der Waals surface area (Å²) in [5.74, 6) is 0.875. The van der Waals surface area contributed by atoms with Crippen molar-refractivity contribution in [3.05, 3.63) is 0 Å². The SMILES string of the molecule is CCCNc1nc(NC(CC)CO)nc(OC)n1. The van der Waals surface area contributed by atoms with Gasteiger partial charge < -0.3 is 20.5 Å². The van der Waals surface area contributed by atoms with Crippen molar-refractivity contribution < 1.29 is 9.84 Å². The highest BCUT2D eigenvalue weighted by Crippen LogP contribution is 2.12. The number of methoxy groups -OCH3 is 1. The molecule has 1 atom stereocenters. The average Bonchev–Trinajstić information content (AvgIpc) is 2.42. The van der Waals surface area contributed by atoms with Crippen LogP contribution in [0.2, 0.25) is 0 Å². The second-order valence-electron chi connectivity index (χ2n) is 3.83. The molecule has 1 aromatic heterocycles. The molecule has 0 bridgehead atoms. The lowest BCUT2D eigenvalue weighted by atomic mass is 10.2. The Labute approximate surface area is 107 Å². The molecule has 0 fully saturated rings. The highest BCUT2D eigenvalue weighted by Gasteiger charge is 2.10. The third-order valence-electron chi connectivity index (χ3n) is 2.38. The largest absolute Gasteiger partial charge is 0.467 e. The fourth-order valence-electron chi connectivity index (χ4n) is 1.29. The number of hydrogen-bond acceptors (Lipinski definition) is 7. The van der Waals surface area contributed by atoms with Gasteiger partial charge in [-0.2, -0.15) is 15.0 Å². The van der Waals surface area contributed by atoms with Gasteiger partial charge in [-0.05, 0) is 12.8 Å². The number of ether oxygens (including phenoxy) is 1. The molecule has 1 heterocycles. The zero-order valence-electron chi connectivity index (χ0n) is 11.1. The van der Waals surface area contributed by atoms with Crippen LogP contribution < -0.4 is 15.4 Å². The monoisotopic (exact) mass is 255 g/mol. The fraction of sp³-hybridized carbons (Fsp3) is 0.727. The minimum atomic E-state index is -0.0730. The van der Waals surface area contributed by atoms with Crippen molar-refractivity contribution in [3.63, 3.8) is 0 Å². The van der Waals surface area contributed by atoms with Crippen molar-refractivity contribution in [1.29, 1.82) is 0 Å². The maximum atomic E-state index is 9.14. The Morgan fingerprint density at radius 3 is 2.50 bits per heavy atom. The molecule has 1 unspecified atom stereocenters. The van der Waals surface area contributed by atoms with Gasteiger partial charge in [0.05, 0.1) is 19.8 Å². The van der Waals surface area contributed by atoms with Gasteiger partial charge in [-0.1, -0.05) is 13.8 Å². The van der Waals surface area contributed by atoms with E-state index in [0.29, 0.717) is 11.9 Å². The fourth-order valence-corrected chi connectivity index (χ4v) is 1.29. The maximum absolute atomic E-state index is 9.14. The van der Waals surface area contributed by atoms with E-state index in [4.69, 9.17) is 9.84 Å². The van der Waals surface area contributed by atoms with Crippen LogP contribution in [0.1, 0.15) is 26.7 Å². The van der Waals surface area contributed by atoms with Crippen LogP contribution in [-0.2, 0) is 0 Å². The van der Waals surface area contributed by atoms with Gasteiger partial charge in [0.1, 0.15) is 0 Å². The van der Waals surface area contributed by atoms with Gasteiger partial charge in [-0.25, -0.2) is 0 Å². The molecule has 102 valence electrons. The van der Waals surface area contributed by atoms with E-state index >= 15 is 0 Å². The summed E-state index contributed by atoms with van der Waals surface area (Å²) in [5.41, 5.74) is 0. The lowest BCUT2D eigenvalue weighted by Gasteiger charge is -2.14. The second kappa shape index (κ2) is 7.65. The van der Waals surface area contributed by atoms with Gasteiger partial charge in [0.15, 0.2) is 0 Å². The topological polar surface area (TPSA) is 92.2 Å². The van der Waals surface area contributed by atoms with Gasteiger partial charge in [-0.15, -0.1) is 0 Å². The standard InChI is InChI=1S/C11H21N5O2/c1-4-6-12-9-14-10(13-8(5-2)7-17)16-11(15-9)18-3/h8,17H,4-7H2,1-3H3,(H2,12,13,14,15,16). The molecule has 0 aliphatic rings. The Balaban J connectivity index is 2.82. The van der Waals surface area contributed by atoms with E-state index in [1.807, 2.05) is 6.92 Å². The van der Waals surface area contributed by atoms with Crippen LogP contribution in [0, 0.1) is 0 Å². The predicted molar refractivity (Wildman–Crippen MR) is 69.9 cm³/mol. The molecule has 3 N–H and O–H groups in total. The molecule has 0 saturated carbocycles. The first-order valence-corrected chi connectivity index (χ1v) is 6.14. The average molecular weight is 255 g/mol. The molecular weight excluding hydrogens is 234 g/mol.